The molecule has 1 aromatic rings. The lowest BCUT2D eigenvalue weighted by molar-refractivity contribution is 0.552. The van der Waals surface area contributed by atoms with Crippen LogP contribution in [0.2, 0.25) is 0 Å². The fourth-order valence-electron chi connectivity index (χ4n) is 1.90. The minimum atomic E-state index is 0.426. The summed E-state index contributed by atoms with van der Waals surface area (Å²) in [6, 6.07) is 4.67. The Morgan fingerprint density at radius 2 is 2.05 bits per heavy atom. The molecule has 1 rings (SSSR count). The highest BCUT2D eigenvalue weighted by atomic mass is 15.2. The van der Waals surface area contributed by atoms with E-state index >= 15 is 0 Å². The van der Waals surface area contributed by atoms with Crippen LogP contribution in [-0.2, 0) is 6.54 Å². The topological polar surface area (TPSA) is 28.2 Å². The lowest BCUT2D eigenvalue weighted by Gasteiger charge is -2.26. The minimum absolute atomic E-state index is 0.426. The van der Waals surface area contributed by atoms with Crippen molar-refractivity contribution in [3.63, 3.8) is 0 Å². The van der Waals surface area contributed by atoms with E-state index in [1.165, 1.54) is 5.56 Å². The molecule has 0 radical (unpaired) electrons. The van der Waals surface area contributed by atoms with Gasteiger partial charge < -0.3 is 10.2 Å². The van der Waals surface area contributed by atoms with E-state index in [9.17, 15) is 0 Å². The van der Waals surface area contributed by atoms with E-state index in [0.29, 0.717) is 12.0 Å². The smallest absolute Gasteiger partial charge is 0.128 e. The van der Waals surface area contributed by atoms with E-state index in [4.69, 9.17) is 0 Å². The van der Waals surface area contributed by atoms with Crippen molar-refractivity contribution < 1.29 is 0 Å². The second-order valence-corrected chi connectivity index (χ2v) is 5.58. The zero-order valence-corrected chi connectivity index (χ0v) is 12.7. The molecular weight excluding hydrogens is 234 g/mol. The van der Waals surface area contributed by atoms with Gasteiger partial charge in [-0.25, -0.2) is 4.98 Å². The van der Waals surface area contributed by atoms with Crippen LogP contribution in [0, 0.1) is 5.92 Å². The molecule has 19 heavy (non-hydrogen) atoms. The molecule has 0 unspecified atom stereocenters. The van der Waals surface area contributed by atoms with Crippen LogP contribution in [-0.4, -0.2) is 24.1 Å². The highest BCUT2D eigenvalue weighted by Gasteiger charge is 2.09. The molecule has 3 heteroatoms. The maximum absolute atomic E-state index is 4.55. The van der Waals surface area contributed by atoms with Crippen LogP contribution in [0.5, 0.6) is 0 Å². The Bertz CT molecular complexity index is 368. The average Bonchev–Trinajstić information content (AvgIpc) is 2.36. The number of rotatable bonds is 8. The number of hydrogen-bond donors (Lipinski definition) is 1. The molecule has 1 heterocycles. The lowest BCUT2D eigenvalue weighted by Crippen LogP contribution is -2.31. The molecule has 0 aliphatic rings. The third kappa shape index (κ3) is 5.43. The Hall–Kier alpha value is -1.35. The highest BCUT2D eigenvalue weighted by molar-refractivity contribution is 5.41. The van der Waals surface area contributed by atoms with Crippen LogP contribution in [0.1, 0.15) is 33.3 Å². The third-order valence-corrected chi connectivity index (χ3v) is 2.93. The van der Waals surface area contributed by atoms with Crippen LogP contribution in [0.15, 0.2) is 31.0 Å². The second kappa shape index (κ2) is 7.95. The summed E-state index contributed by atoms with van der Waals surface area (Å²) in [5, 5.41) is 3.43. The van der Waals surface area contributed by atoms with Gasteiger partial charge in [-0.2, -0.15) is 0 Å². The summed E-state index contributed by atoms with van der Waals surface area (Å²) < 4.78 is 0. The first kappa shape index (κ1) is 15.7. The molecule has 0 fully saturated rings. The Morgan fingerprint density at radius 3 is 2.53 bits per heavy atom. The van der Waals surface area contributed by atoms with Crippen molar-refractivity contribution in [2.24, 2.45) is 5.92 Å². The third-order valence-electron chi connectivity index (χ3n) is 2.93. The molecule has 0 saturated carbocycles. The maximum Gasteiger partial charge on any atom is 0.128 e. The predicted octanol–water partition coefficient (Wildman–Crippen LogP) is 3.23. The zero-order valence-electron chi connectivity index (χ0n) is 12.7. The van der Waals surface area contributed by atoms with Crippen molar-refractivity contribution in [3.8, 4) is 0 Å². The van der Waals surface area contributed by atoms with Gasteiger partial charge in [0, 0.05) is 25.3 Å². The number of anilines is 1. The zero-order chi connectivity index (χ0) is 14.3. The van der Waals surface area contributed by atoms with Gasteiger partial charge in [-0.15, -0.1) is 6.58 Å². The standard InChI is InChI=1S/C16H27N3/c1-6-9-19(14(4)5)16-8-7-15(12-18-16)11-17-10-13(2)3/h6-8,12-14,17H,1,9-11H2,2-5H3. The van der Waals surface area contributed by atoms with Crippen molar-refractivity contribution >= 4 is 5.82 Å². The van der Waals surface area contributed by atoms with Gasteiger partial charge in [0.25, 0.3) is 0 Å². The Labute approximate surface area is 117 Å². The predicted molar refractivity (Wildman–Crippen MR) is 83.5 cm³/mol. The molecule has 3 nitrogen and oxygen atoms in total. The van der Waals surface area contributed by atoms with Gasteiger partial charge in [-0.1, -0.05) is 26.0 Å². The van der Waals surface area contributed by atoms with E-state index in [-0.39, 0.29) is 0 Å². The molecule has 0 atom stereocenters. The van der Waals surface area contributed by atoms with Gasteiger partial charge in [0.05, 0.1) is 0 Å². The first-order valence-corrected chi connectivity index (χ1v) is 7.07. The monoisotopic (exact) mass is 261 g/mol. The normalized spacial score (nSPS) is 11.1. The van der Waals surface area contributed by atoms with E-state index in [0.717, 1.165) is 25.5 Å². The summed E-state index contributed by atoms with van der Waals surface area (Å²) in [4.78, 5) is 6.79. The SMILES string of the molecule is C=CCN(c1ccc(CNCC(C)C)cn1)C(C)C. The maximum atomic E-state index is 4.55. The molecule has 0 spiro atoms. The van der Waals surface area contributed by atoms with Crippen LogP contribution < -0.4 is 10.2 Å². The molecule has 0 saturated heterocycles. The van der Waals surface area contributed by atoms with Gasteiger partial charge in [0.15, 0.2) is 0 Å². The average molecular weight is 261 g/mol. The Morgan fingerprint density at radius 1 is 1.32 bits per heavy atom. The number of nitrogens with one attached hydrogen (secondary N) is 1. The molecule has 0 bridgehead atoms. The minimum Gasteiger partial charge on any atom is -0.350 e. The molecule has 1 N–H and O–H groups in total. The number of aromatic nitrogens is 1. The largest absolute Gasteiger partial charge is 0.350 e. The van der Waals surface area contributed by atoms with Crippen LogP contribution in [0.4, 0.5) is 5.82 Å². The fraction of sp³-hybridized carbons (Fsp3) is 0.562. The van der Waals surface area contributed by atoms with Crippen molar-refractivity contribution in [2.75, 3.05) is 18.0 Å². The van der Waals surface area contributed by atoms with E-state index < -0.39 is 0 Å². The number of pyridine rings is 1. The number of nitrogens with zero attached hydrogens (tertiary/aromatic N) is 2. The molecule has 0 aliphatic heterocycles. The quantitative estimate of drug-likeness (QED) is 0.728. The highest BCUT2D eigenvalue weighted by Crippen LogP contribution is 2.14. The Kier molecular flexibility index (Phi) is 6.57. The summed E-state index contributed by atoms with van der Waals surface area (Å²) in [5.74, 6) is 1.69. The van der Waals surface area contributed by atoms with Gasteiger partial charge in [0.1, 0.15) is 5.82 Å². The first-order valence-electron chi connectivity index (χ1n) is 7.07. The summed E-state index contributed by atoms with van der Waals surface area (Å²) in [6.45, 7) is 15.3. The molecule has 0 amide bonds. The Balaban J connectivity index is 2.61. The van der Waals surface area contributed by atoms with Gasteiger partial charge >= 0.3 is 0 Å². The summed E-state index contributed by atoms with van der Waals surface area (Å²) in [7, 11) is 0. The van der Waals surface area contributed by atoms with E-state index in [1.807, 2.05) is 12.3 Å². The van der Waals surface area contributed by atoms with Crippen LogP contribution >= 0.6 is 0 Å². The molecule has 0 aliphatic carbocycles. The van der Waals surface area contributed by atoms with E-state index in [2.05, 4.69) is 61.6 Å². The summed E-state index contributed by atoms with van der Waals surface area (Å²) >= 11 is 0. The summed E-state index contributed by atoms with van der Waals surface area (Å²) in [5.41, 5.74) is 1.23. The fourth-order valence-corrected chi connectivity index (χ4v) is 1.90. The van der Waals surface area contributed by atoms with Crippen molar-refractivity contribution in [1.82, 2.24) is 10.3 Å². The van der Waals surface area contributed by atoms with Crippen molar-refractivity contribution in [1.29, 1.82) is 0 Å². The molecule has 1 aromatic heterocycles. The van der Waals surface area contributed by atoms with Crippen LogP contribution in [0.25, 0.3) is 0 Å². The van der Waals surface area contributed by atoms with Gasteiger partial charge in [0.2, 0.25) is 0 Å². The summed E-state index contributed by atoms with van der Waals surface area (Å²) in [6.07, 6.45) is 3.88. The van der Waals surface area contributed by atoms with Gasteiger partial charge in [-0.3, -0.25) is 0 Å². The van der Waals surface area contributed by atoms with E-state index in [1.54, 1.807) is 0 Å². The molecule has 0 aromatic carbocycles. The van der Waals surface area contributed by atoms with Crippen LogP contribution in [0.3, 0.4) is 0 Å². The molecular formula is C16H27N3. The molecule has 106 valence electrons. The second-order valence-electron chi connectivity index (χ2n) is 5.58. The van der Waals surface area contributed by atoms with Gasteiger partial charge in [-0.05, 0) is 37.9 Å². The first-order chi connectivity index (χ1) is 9.04. The number of hydrogen-bond acceptors (Lipinski definition) is 3. The lowest BCUT2D eigenvalue weighted by atomic mass is 10.2. The van der Waals surface area contributed by atoms with Crippen molar-refractivity contribution in [3.05, 3.63) is 36.5 Å². The van der Waals surface area contributed by atoms with Crippen molar-refractivity contribution in [2.45, 2.75) is 40.3 Å².